The minimum absolute atomic E-state index is 1.08. The molecule has 2 aromatic heterocycles. The fourth-order valence-corrected chi connectivity index (χ4v) is 3.94. The summed E-state index contributed by atoms with van der Waals surface area (Å²) < 4.78 is 0. The number of para-hydroxylation sites is 1. The first kappa shape index (κ1) is 16.6. The number of allylic oxidation sites excluding steroid dienone is 1. The van der Waals surface area contributed by atoms with Crippen LogP contribution in [0.1, 0.15) is 13.3 Å². The molecular formula is C26H22N2. The van der Waals surface area contributed by atoms with Gasteiger partial charge < -0.3 is 9.97 Å². The van der Waals surface area contributed by atoms with E-state index in [1.807, 2.05) is 6.08 Å². The molecule has 2 nitrogen and oxygen atoms in total. The highest BCUT2D eigenvalue weighted by Gasteiger charge is 2.10. The van der Waals surface area contributed by atoms with Gasteiger partial charge in [-0.05, 0) is 47.5 Å². The van der Waals surface area contributed by atoms with E-state index in [9.17, 15) is 0 Å². The first-order valence-corrected chi connectivity index (χ1v) is 9.74. The van der Waals surface area contributed by atoms with Gasteiger partial charge in [-0.1, -0.05) is 55.5 Å². The Morgan fingerprint density at radius 1 is 0.643 bits per heavy atom. The van der Waals surface area contributed by atoms with Crippen molar-refractivity contribution >= 4 is 54.4 Å². The number of aromatic amines is 2. The molecule has 0 radical (unpaired) electrons. The number of hydrogen-bond donors (Lipinski definition) is 2. The Balaban J connectivity index is 0.000000393. The van der Waals surface area contributed by atoms with Gasteiger partial charge in [0.25, 0.3) is 0 Å². The topological polar surface area (TPSA) is 31.6 Å². The summed E-state index contributed by atoms with van der Waals surface area (Å²) in [6.45, 7) is 5.54. The van der Waals surface area contributed by atoms with Gasteiger partial charge in [0.1, 0.15) is 0 Å². The third kappa shape index (κ3) is 2.57. The molecule has 0 unspecified atom stereocenters. The van der Waals surface area contributed by atoms with Gasteiger partial charge in [0.2, 0.25) is 0 Å². The summed E-state index contributed by atoms with van der Waals surface area (Å²) in [4.78, 5) is 7.11. The van der Waals surface area contributed by atoms with E-state index in [-0.39, 0.29) is 0 Å². The van der Waals surface area contributed by atoms with Crippen LogP contribution >= 0.6 is 0 Å². The summed E-state index contributed by atoms with van der Waals surface area (Å²) in [5.74, 6) is 0. The molecule has 28 heavy (non-hydrogen) atoms. The van der Waals surface area contributed by atoms with Gasteiger partial charge in [0.05, 0.1) is 0 Å². The lowest BCUT2D eigenvalue weighted by Crippen LogP contribution is -1.73. The summed E-state index contributed by atoms with van der Waals surface area (Å²) in [6, 6.07) is 26.1. The van der Waals surface area contributed by atoms with Crippen molar-refractivity contribution in [3.63, 3.8) is 0 Å². The molecule has 6 aromatic rings. The highest BCUT2D eigenvalue weighted by atomic mass is 14.7. The SMILES string of the molecule is C=CCC.c1ccc2cc3c(cc2c1)[nH]c1cc2[nH]c4ccccc4c2cc13. The lowest BCUT2D eigenvalue weighted by Gasteiger charge is -1.98. The number of aromatic nitrogens is 2. The van der Waals surface area contributed by atoms with Crippen LogP contribution in [0.2, 0.25) is 0 Å². The van der Waals surface area contributed by atoms with Crippen molar-refractivity contribution in [3.05, 3.63) is 85.5 Å². The van der Waals surface area contributed by atoms with Crippen molar-refractivity contribution in [3.8, 4) is 0 Å². The van der Waals surface area contributed by atoms with E-state index in [1.54, 1.807) is 0 Å². The van der Waals surface area contributed by atoms with Gasteiger partial charge in [-0.15, -0.1) is 6.58 Å². The molecule has 0 spiro atoms. The second-order valence-electron chi connectivity index (χ2n) is 7.18. The monoisotopic (exact) mass is 362 g/mol. The first-order chi connectivity index (χ1) is 13.8. The van der Waals surface area contributed by atoms with Crippen molar-refractivity contribution in [1.82, 2.24) is 9.97 Å². The van der Waals surface area contributed by atoms with Gasteiger partial charge in [-0.2, -0.15) is 0 Å². The summed E-state index contributed by atoms with van der Waals surface area (Å²) in [5, 5.41) is 7.69. The zero-order valence-corrected chi connectivity index (χ0v) is 15.9. The van der Waals surface area contributed by atoms with Gasteiger partial charge in [-0.3, -0.25) is 0 Å². The molecule has 0 aliphatic carbocycles. The molecular weight excluding hydrogens is 340 g/mol. The van der Waals surface area contributed by atoms with Crippen LogP contribution in [-0.2, 0) is 0 Å². The van der Waals surface area contributed by atoms with Crippen LogP contribution < -0.4 is 0 Å². The van der Waals surface area contributed by atoms with Crippen molar-refractivity contribution in [2.24, 2.45) is 0 Å². The number of benzene rings is 4. The average Bonchev–Trinajstić information content (AvgIpc) is 3.27. The van der Waals surface area contributed by atoms with Gasteiger partial charge >= 0.3 is 0 Å². The van der Waals surface area contributed by atoms with Gasteiger partial charge in [0.15, 0.2) is 0 Å². The fourth-order valence-electron chi connectivity index (χ4n) is 3.94. The Morgan fingerprint density at radius 3 is 1.93 bits per heavy atom. The highest BCUT2D eigenvalue weighted by molar-refractivity contribution is 6.18. The quantitative estimate of drug-likeness (QED) is 0.281. The number of hydrogen-bond acceptors (Lipinski definition) is 0. The molecule has 2 heterocycles. The van der Waals surface area contributed by atoms with E-state index < -0.39 is 0 Å². The minimum atomic E-state index is 1.08. The summed E-state index contributed by atoms with van der Waals surface area (Å²) >= 11 is 0. The zero-order chi connectivity index (χ0) is 19.1. The van der Waals surface area contributed by atoms with E-state index in [0.717, 1.165) is 6.42 Å². The number of H-pyrrole nitrogens is 2. The molecule has 0 saturated carbocycles. The van der Waals surface area contributed by atoms with Crippen LogP contribution in [0, 0.1) is 0 Å². The average molecular weight is 362 g/mol. The minimum Gasteiger partial charge on any atom is -0.354 e. The van der Waals surface area contributed by atoms with Crippen LogP contribution in [0.4, 0.5) is 0 Å². The van der Waals surface area contributed by atoms with Crippen molar-refractivity contribution in [1.29, 1.82) is 0 Å². The Labute approximate surface area is 163 Å². The molecule has 0 aliphatic heterocycles. The van der Waals surface area contributed by atoms with Crippen molar-refractivity contribution in [2.75, 3.05) is 0 Å². The molecule has 0 atom stereocenters. The molecule has 0 aliphatic rings. The summed E-state index contributed by atoms with van der Waals surface area (Å²) in [5.41, 5.74) is 4.75. The first-order valence-electron chi connectivity index (χ1n) is 9.74. The van der Waals surface area contributed by atoms with E-state index in [2.05, 4.69) is 96.3 Å². The molecule has 2 N–H and O–H groups in total. The molecule has 6 rings (SSSR count). The molecule has 0 saturated heterocycles. The van der Waals surface area contributed by atoms with Crippen LogP contribution in [-0.4, -0.2) is 9.97 Å². The maximum absolute atomic E-state index is 3.59. The van der Waals surface area contributed by atoms with E-state index in [1.165, 1.54) is 54.4 Å². The zero-order valence-electron chi connectivity index (χ0n) is 15.9. The third-order valence-electron chi connectivity index (χ3n) is 5.38. The van der Waals surface area contributed by atoms with E-state index >= 15 is 0 Å². The predicted molar refractivity (Wildman–Crippen MR) is 123 cm³/mol. The highest BCUT2D eigenvalue weighted by Crippen LogP contribution is 2.34. The lowest BCUT2D eigenvalue weighted by atomic mass is 10.0. The Hall–Kier alpha value is -3.52. The van der Waals surface area contributed by atoms with Gasteiger partial charge in [-0.25, -0.2) is 0 Å². The van der Waals surface area contributed by atoms with Crippen LogP contribution in [0.3, 0.4) is 0 Å². The predicted octanol–water partition coefficient (Wildman–Crippen LogP) is 7.69. The lowest BCUT2D eigenvalue weighted by molar-refractivity contribution is 1.23. The standard InChI is InChI=1S/C22H14N2.C4H8/c1-2-6-14-10-20-16(9-13(14)5-1)18-11-17-15-7-3-4-8-19(15)23-21(17)12-22(18)24-20;1-3-4-2/h1-12,23-24H;3H,1,4H2,2H3. The van der Waals surface area contributed by atoms with E-state index in [4.69, 9.17) is 0 Å². The fraction of sp³-hybridized carbons (Fsp3) is 0.0769. The largest absolute Gasteiger partial charge is 0.354 e. The normalized spacial score (nSPS) is 11.3. The van der Waals surface area contributed by atoms with Crippen LogP contribution in [0.5, 0.6) is 0 Å². The Kier molecular flexibility index (Phi) is 3.91. The Bertz CT molecular complexity index is 1460. The molecule has 0 fully saturated rings. The third-order valence-corrected chi connectivity index (χ3v) is 5.38. The molecule has 136 valence electrons. The van der Waals surface area contributed by atoms with Crippen LogP contribution in [0.15, 0.2) is 85.5 Å². The molecule has 2 heteroatoms. The van der Waals surface area contributed by atoms with E-state index in [0.29, 0.717) is 0 Å². The smallest absolute Gasteiger partial charge is 0.0486 e. The van der Waals surface area contributed by atoms with Crippen molar-refractivity contribution in [2.45, 2.75) is 13.3 Å². The second kappa shape index (κ2) is 6.58. The number of rotatable bonds is 1. The maximum atomic E-state index is 3.59. The summed E-state index contributed by atoms with van der Waals surface area (Å²) in [7, 11) is 0. The molecule has 4 aromatic carbocycles. The second-order valence-corrected chi connectivity index (χ2v) is 7.18. The summed E-state index contributed by atoms with van der Waals surface area (Å²) in [6.07, 6.45) is 2.96. The van der Waals surface area contributed by atoms with Gasteiger partial charge in [0, 0.05) is 43.6 Å². The Morgan fingerprint density at radius 2 is 1.18 bits per heavy atom. The number of fused-ring (bicyclic) bond motifs is 7. The number of nitrogens with one attached hydrogen (secondary N) is 2. The molecule has 0 bridgehead atoms. The maximum Gasteiger partial charge on any atom is 0.0486 e. The van der Waals surface area contributed by atoms with Crippen molar-refractivity contribution < 1.29 is 0 Å². The molecule has 0 amide bonds. The van der Waals surface area contributed by atoms with Crippen LogP contribution in [0.25, 0.3) is 54.4 Å².